The highest BCUT2D eigenvalue weighted by atomic mass is 32.2. The summed E-state index contributed by atoms with van der Waals surface area (Å²) in [5, 5.41) is 3.29. The molecule has 16 heavy (non-hydrogen) atoms. The maximum Gasteiger partial charge on any atom is 0.0951 e. The fourth-order valence-electron chi connectivity index (χ4n) is 1.48. The number of aromatic nitrogens is 2. The summed E-state index contributed by atoms with van der Waals surface area (Å²) >= 11 is 0. The minimum atomic E-state index is -0.674. The summed E-state index contributed by atoms with van der Waals surface area (Å²) in [5.74, 6) is 1.47. The first-order valence-electron chi connectivity index (χ1n) is 5.71. The first kappa shape index (κ1) is 13.4. The molecule has 0 radical (unpaired) electrons. The van der Waals surface area contributed by atoms with E-state index in [0.717, 1.165) is 24.6 Å². The minimum absolute atomic E-state index is 0.434. The predicted molar refractivity (Wildman–Crippen MR) is 67.9 cm³/mol. The van der Waals surface area contributed by atoms with Crippen molar-refractivity contribution in [3.05, 3.63) is 18.2 Å². The second-order valence-corrected chi connectivity index (χ2v) is 5.86. The lowest BCUT2D eigenvalue weighted by Crippen LogP contribution is -2.22. The molecule has 1 aromatic rings. The maximum absolute atomic E-state index is 11.2. The van der Waals surface area contributed by atoms with E-state index < -0.39 is 10.8 Å². The lowest BCUT2D eigenvalue weighted by molar-refractivity contribution is 0.555. The van der Waals surface area contributed by atoms with E-state index >= 15 is 0 Å². The Balaban J connectivity index is 2.32. The molecule has 0 amide bonds. The van der Waals surface area contributed by atoms with Crippen LogP contribution in [0.15, 0.2) is 12.5 Å². The first-order valence-corrected chi connectivity index (χ1v) is 7.20. The van der Waals surface area contributed by atoms with Gasteiger partial charge in [-0.3, -0.25) is 4.21 Å². The molecule has 0 aromatic carbocycles. The Kier molecular flexibility index (Phi) is 5.69. The quantitative estimate of drug-likeness (QED) is 0.735. The third kappa shape index (κ3) is 4.06. The Morgan fingerprint density at radius 1 is 1.56 bits per heavy atom. The van der Waals surface area contributed by atoms with Crippen LogP contribution in [-0.2, 0) is 17.3 Å². The van der Waals surface area contributed by atoms with Crippen molar-refractivity contribution >= 4 is 10.8 Å². The highest BCUT2D eigenvalue weighted by Gasteiger charge is 2.04. The van der Waals surface area contributed by atoms with Crippen molar-refractivity contribution in [3.8, 4) is 0 Å². The van der Waals surface area contributed by atoms with Crippen LogP contribution in [0.25, 0.3) is 0 Å². The molecule has 0 bridgehead atoms. The molecule has 0 saturated carbocycles. The zero-order valence-electron chi connectivity index (χ0n) is 10.3. The van der Waals surface area contributed by atoms with Gasteiger partial charge in [0.05, 0.1) is 12.0 Å². The summed E-state index contributed by atoms with van der Waals surface area (Å²) < 4.78 is 13.3. The smallest absolute Gasteiger partial charge is 0.0951 e. The summed E-state index contributed by atoms with van der Waals surface area (Å²) in [7, 11) is -0.674. The Bertz CT molecular complexity index is 336. The van der Waals surface area contributed by atoms with Gasteiger partial charge in [0, 0.05) is 47.6 Å². The Hall–Kier alpha value is -0.680. The lowest BCUT2D eigenvalue weighted by Gasteiger charge is -2.12. The van der Waals surface area contributed by atoms with Gasteiger partial charge in [-0.05, 0) is 13.8 Å². The van der Waals surface area contributed by atoms with Crippen molar-refractivity contribution in [1.29, 1.82) is 0 Å². The van der Waals surface area contributed by atoms with E-state index in [1.54, 1.807) is 0 Å². The molecule has 0 spiro atoms. The highest BCUT2D eigenvalue weighted by molar-refractivity contribution is 7.84. The molecular formula is C11H21N3OS. The van der Waals surface area contributed by atoms with E-state index in [1.165, 1.54) is 5.69 Å². The molecule has 0 aliphatic heterocycles. The van der Waals surface area contributed by atoms with E-state index in [-0.39, 0.29) is 0 Å². The number of nitrogens with one attached hydrogen (secondary N) is 1. The van der Waals surface area contributed by atoms with Gasteiger partial charge in [-0.15, -0.1) is 0 Å². The van der Waals surface area contributed by atoms with Crippen molar-refractivity contribution in [2.45, 2.75) is 33.4 Å². The van der Waals surface area contributed by atoms with Crippen molar-refractivity contribution in [1.82, 2.24) is 14.9 Å². The zero-order chi connectivity index (χ0) is 12.0. The van der Waals surface area contributed by atoms with Crippen LogP contribution in [0.3, 0.4) is 0 Å². The van der Waals surface area contributed by atoms with Crippen LogP contribution in [0.5, 0.6) is 0 Å². The van der Waals surface area contributed by atoms with Crippen LogP contribution >= 0.6 is 0 Å². The Labute approximate surface area is 99.9 Å². The second kappa shape index (κ2) is 6.81. The van der Waals surface area contributed by atoms with Crippen LogP contribution in [0.2, 0.25) is 0 Å². The molecule has 1 aromatic heterocycles. The van der Waals surface area contributed by atoms with Crippen molar-refractivity contribution in [2.24, 2.45) is 0 Å². The summed E-state index contributed by atoms with van der Waals surface area (Å²) in [4.78, 5) is 4.14. The second-order valence-electron chi connectivity index (χ2n) is 4.00. The Morgan fingerprint density at radius 2 is 2.31 bits per heavy atom. The van der Waals surface area contributed by atoms with Crippen LogP contribution in [0.4, 0.5) is 0 Å². The third-order valence-corrected chi connectivity index (χ3v) is 3.74. The van der Waals surface area contributed by atoms with Gasteiger partial charge in [0.15, 0.2) is 0 Å². The molecule has 4 nitrogen and oxygen atoms in total. The fourth-order valence-corrected chi connectivity index (χ4v) is 2.14. The van der Waals surface area contributed by atoms with Gasteiger partial charge in [0.1, 0.15) is 0 Å². The molecule has 0 fully saturated rings. The van der Waals surface area contributed by atoms with Gasteiger partial charge in [-0.2, -0.15) is 0 Å². The third-order valence-electron chi connectivity index (χ3n) is 2.44. The molecule has 1 unspecified atom stereocenters. The van der Waals surface area contributed by atoms with Gasteiger partial charge in [0.25, 0.3) is 0 Å². The monoisotopic (exact) mass is 243 g/mol. The maximum atomic E-state index is 11.2. The summed E-state index contributed by atoms with van der Waals surface area (Å²) in [6, 6.07) is 0.434. The summed E-state index contributed by atoms with van der Waals surface area (Å²) in [5.41, 5.74) is 1.18. The molecule has 1 heterocycles. The molecular weight excluding hydrogens is 222 g/mol. The number of rotatable bonds is 7. The van der Waals surface area contributed by atoms with E-state index in [0.29, 0.717) is 6.04 Å². The molecule has 0 aliphatic carbocycles. The van der Waals surface area contributed by atoms with Crippen LogP contribution in [-0.4, -0.2) is 31.8 Å². The summed E-state index contributed by atoms with van der Waals surface area (Å²) in [6.07, 6.45) is 3.73. The van der Waals surface area contributed by atoms with Gasteiger partial charge in [0.2, 0.25) is 0 Å². The topological polar surface area (TPSA) is 46.9 Å². The van der Waals surface area contributed by atoms with Gasteiger partial charge in [-0.1, -0.05) is 6.92 Å². The number of hydrogen-bond acceptors (Lipinski definition) is 3. The SMILES string of the molecule is CCS(=O)CCNCc1cncn1C(C)C. The molecule has 0 aliphatic rings. The van der Waals surface area contributed by atoms with Crippen molar-refractivity contribution < 1.29 is 4.21 Å². The number of imidazole rings is 1. The van der Waals surface area contributed by atoms with Gasteiger partial charge >= 0.3 is 0 Å². The van der Waals surface area contributed by atoms with Crippen LogP contribution in [0, 0.1) is 0 Å². The highest BCUT2D eigenvalue weighted by Crippen LogP contribution is 2.07. The summed E-state index contributed by atoms with van der Waals surface area (Å²) in [6.45, 7) is 7.81. The van der Waals surface area contributed by atoms with Crippen LogP contribution in [0.1, 0.15) is 32.5 Å². The minimum Gasteiger partial charge on any atom is -0.331 e. The van der Waals surface area contributed by atoms with Gasteiger partial charge in [-0.25, -0.2) is 4.98 Å². The largest absolute Gasteiger partial charge is 0.331 e. The van der Waals surface area contributed by atoms with Crippen LogP contribution < -0.4 is 5.32 Å². The molecule has 1 N–H and O–H groups in total. The van der Waals surface area contributed by atoms with E-state index in [9.17, 15) is 4.21 Å². The first-order chi connectivity index (χ1) is 7.65. The average Bonchev–Trinajstić information content (AvgIpc) is 2.72. The number of hydrogen-bond donors (Lipinski definition) is 1. The van der Waals surface area contributed by atoms with E-state index in [4.69, 9.17) is 0 Å². The molecule has 5 heteroatoms. The molecule has 92 valence electrons. The van der Waals surface area contributed by atoms with Crippen molar-refractivity contribution in [3.63, 3.8) is 0 Å². The lowest BCUT2D eigenvalue weighted by atomic mass is 10.3. The molecule has 1 rings (SSSR count). The predicted octanol–water partition coefficient (Wildman–Crippen LogP) is 1.32. The average molecular weight is 243 g/mol. The normalized spacial score (nSPS) is 13.2. The van der Waals surface area contributed by atoms with E-state index in [2.05, 4.69) is 28.7 Å². The fraction of sp³-hybridized carbons (Fsp3) is 0.727. The van der Waals surface area contributed by atoms with E-state index in [1.807, 2.05) is 19.4 Å². The molecule has 1 atom stereocenters. The Morgan fingerprint density at radius 3 is 2.94 bits per heavy atom. The zero-order valence-corrected chi connectivity index (χ0v) is 11.1. The molecule has 0 saturated heterocycles. The van der Waals surface area contributed by atoms with Gasteiger partial charge < -0.3 is 9.88 Å². The number of nitrogens with zero attached hydrogens (tertiary/aromatic N) is 2. The van der Waals surface area contributed by atoms with Crippen molar-refractivity contribution in [2.75, 3.05) is 18.1 Å². The standard InChI is InChI=1S/C11H21N3OS/c1-4-16(15)6-5-12-7-11-8-13-9-14(11)10(2)3/h8-10,12H,4-7H2,1-3H3.